The highest BCUT2D eigenvalue weighted by Crippen LogP contribution is 2.16. The molecule has 4 nitrogen and oxygen atoms in total. The molecule has 18 heavy (non-hydrogen) atoms. The van der Waals surface area contributed by atoms with E-state index in [2.05, 4.69) is 15.0 Å². The van der Waals surface area contributed by atoms with Crippen LogP contribution in [0.5, 0.6) is 6.01 Å². The van der Waals surface area contributed by atoms with Crippen LogP contribution in [0.3, 0.4) is 0 Å². The molecule has 2 aromatic rings. The second-order valence-electron chi connectivity index (χ2n) is 4.01. The Labute approximate surface area is 105 Å². The first-order valence-electron chi connectivity index (χ1n) is 5.68. The van der Waals surface area contributed by atoms with Gasteiger partial charge in [-0.3, -0.25) is 4.98 Å². The van der Waals surface area contributed by atoms with Gasteiger partial charge >= 0.3 is 6.01 Å². The summed E-state index contributed by atoms with van der Waals surface area (Å²) in [4.78, 5) is 12.4. The van der Waals surface area contributed by atoms with Gasteiger partial charge in [-0.2, -0.15) is 0 Å². The molecule has 0 spiro atoms. The fourth-order valence-electron chi connectivity index (χ4n) is 1.42. The number of alkyl halides is 1. The number of halogens is 1. The molecule has 0 amide bonds. The number of hydrogen-bond donors (Lipinski definition) is 0. The standard InChI is InChI=1S/C13H14FN3O/c1-9(14)8-18-13-15-6-11(7-16-13)12-5-3-4-10(2)17-12/h3-7,9H,8H2,1-2H3/t9-/m1/s1. The third-order valence-electron chi connectivity index (χ3n) is 2.25. The number of ether oxygens (including phenoxy) is 1. The molecule has 0 saturated heterocycles. The van der Waals surface area contributed by atoms with E-state index in [4.69, 9.17) is 4.74 Å². The lowest BCUT2D eigenvalue weighted by atomic mass is 10.2. The van der Waals surface area contributed by atoms with E-state index < -0.39 is 6.17 Å². The maximum Gasteiger partial charge on any atom is 0.316 e. The molecule has 2 rings (SSSR count). The van der Waals surface area contributed by atoms with Crippen LogP contribution in [-0.4, -0.2) is 27.7 Å². The number of nitrogens with zero attached hydrogens (tertiary/aromatic N) is 3. The second-order valence-corrected chi connectivity index (χ2v) is 4.01. The van der Waals surface area contributed by atoms with Gasteiger partial charge in [-0.1, -0.05) is 6.07 Å². The minimum absolute atomic E-state index is 0.0396. The SMILES string of the molecule is Cc1cccc(-c2cnc(OC[C@@H](C)F)nc2)n1. The van der Waals surface area contributed by atoms with E-state index in [9.17, 15) is 4.39 Å². The summed E-state index contributed by atoms with van der Waals surface area (Å²) >= 11 is 0. The Bertz CT molecular complexity index is 514. The normalized spacial score (nSPS) is 12.2. The molecule has 0 radical (unpaired) electrons. The van der Waals surface area contributed by atoms with Gasteiger partial charge in [-0.25, -0.2) is 14.4 Å². The van der Waals surface area contributed by atoms with Gasteiger partial charge in [0.05, 0.1) is 5.69 Å². The van der Waals surface area contributed by atoms with E-state index in [-0.39, 0.29) is 12.6 Å². The van der Waals surface area contributed by atoms with Crippen molar-refractivity contribution in [3.63, 3.8) is 0 Å². The lowest BCUT2D eigenvalue weighted by Gasteiger charge is -2.05. The Morgan fingerprint density at radius 3 is 2.61 bits per heavy atom. The molecule has 2 heterocycles. The first-order valence-corrected chi connectivity index (χ1v) is 5.68. The average Bonchev–Trinajstić information content (AvgIpc) is 2.37. The van der Waals surface area contributed by atoms with Gasteiger partial charge in [0.1, 0.15) is 12.8 Å². The van der Waals surface area contributed by atoms with Crippen molar-refractivity contribution in [1.82, 2.24) is 15.0 Å². The Morgan fingerprint density at radius 2 is 2.00 bits per heavy atom. The summed E-state index contributed by atoms with van der Waals surface area (Å²) in [5.41, 5.74) is 2.54. The van der Waals surface area contributed by atoms with Gasteiger partial charge in [0.15, 0.2) is 0 Å². The predicted octanol–water partition coefficient (Wildman–Crippen LogP) is 2.58. The topological polar surface area (TPSA) is 47.9 Å². The first kappa shape index (κ1) is 12.4. The van der Waals surface area contributed by atoms with Gasteiger partial charge < -0.3 is 4.74 Å². The summed E-state index contributed by atoms with van der Waals surface area (Å²) in [6.07, 6.45) is 2.20. The van der Waals surface area contributed by atoms with Crippen molar-refractivity contribution in [2.45, 2.75) is 20.0 Å². The lowest BCUT2D eigenvalue weighted by molar-refractivity contribution is 0.197. The second kappa shape index (κ2) is 5.53. The predicted molar refractivity (Wildman–Crippen MR) is 66.1 cm³/mol. The van der Waals surface area contributed by atoms with Crippen molar-refractivity contribution in [2.75, 3.05) is 6.61 Å². The van der Waals surface area contributed by atoms with Gasteiger partial charge in [0, 0.05) is 23.7 Å². The Hall–Kier alpha value is -2.04. The molecular weight excluding hydrogens is 233 g/mol. The van der Waals surface area contributed by atoms with E-state index in [1.165, 1.54) is 6.92 Å². The fourth-order valence-corrected chi connectivity index (χ4v) is 1.42. The lowest BCUT2D eigenvalue weighted by Crippen LogP contribution is -2.10. The minimum Gasteiger partial charge on any atom is -0.460 e. The van der Waals surface area contributed by atoms with Gasteiger partial charge in [-0.05, 0) is 26.0 Å². The zero-order valence-electron chi connectivity index (χ0n) is 10.3. The van der Waals surface area contributed by atoms with Crippen LogP contribution >= 0.6 is 0 Å². The van der Waals surface area contributed by atoms with Crippen molar-refractivity contribution < 1.29 is 9.13 Å². The maximum atomic E-state index is 12.6. The molecule has 0 aliphatic heterocycles. The van der Waals surface area contributed by atoms with Crippen LogP contribution in [0.2, 0.25) is 0 Å². The number of rotatable bonds is 4. The Kier molecular flexibility index (Phi) is 3.82. The summed E-state index contributed by atoms with van der Waals surface area (Å²) in [6.45, 7) is 3.30. The monoisotopic (exact) mass is 247 g/mol. The molecule has 94 valence electrons. The minimum atomic E-state index is -1.04. The zero-order valence-corrected chi connectivity index (χ0v) is 10.3. The highest BCUT2D eigenvalue weighted by atomic mass is 19.1. The zero-order chi connectivity index (χ0) is 13.0. The molecule has 0 unspecified atom stereocenters. The third-order valence-corrected chi connectivity index (χ3v) is 2.25. The van der Waals surface area contributed by atoms with E-state index in [0.29, 0.717) is 0 Å². The van der Waals surface area contributed by atoms with Gasteiger partial charge in [0.25, 0.3) is 0 Å². The number of aryl methyl sites for hydroxylation is 1. The summed E-state index contributed by atoms with van der Waals surface area (Å²) in [5.74, 6) is 0. The van der Waals surface area contributed by atoms with Crippen LogP contribution in [0, 0.1) is 6.92 Å². The molecule has 0 aliphatic carbocycles. The van der Waals surface area contributed by atoms with E-state index in [1.807, 2.05) is 25.1 Å². The molecule has 0 bridgehead atoms. The molecule has 2 aromatic heterocycles. The van der Waals surface area contributed by atoms with Gasteiger partial charge in [0.2, 0.25) is 0 Å². The molecule has 1 atom stereocenters. The average molecular weight is 247 g/mol. The van der Waals surface area contributed by atoms with Crippen molar-refractivity contribution in [2.24, 2.45) is 0 Å². The number of pyridine rings is 1. The van der Waals surface area contributed by atoms with Gasteiger partial charge in [-0.15, -0.1) is 0 Å². The van der Waals surface area contributed by atoms with Crippen molar-refractivity contribution in [1.29, 1.82) is 0 Å². The molecule has 0 aromatic carbocycles. The van der Waals surface area contributed by atoms with Crippen LogP contribution in [0.25, 0.3) is 11.3 Å². The Balaban J connectivity index is 2.12. The first-order chi connectivity index (χ1) is 8.65. The molecule has 0 fully saturated rings. The summed E-state index contributed by atoms with van der Waals surface area (Å²) in [7, 11) is 0. The quantitative estimate of drug-likeness (QED) is 0.833. The smallest absolute Gasteiger partial charge is 0.316 e. The maximum absolute atomic E-state index is 12.6. The summed E-state index contributed by atoms with van der Waals surface area (Å²) in [6, 6.07) is 5.91. The van der Waals surface area contributed by atoms with Crippen LogP contribution in [0.1, 0.15) is 12.6 Å². The van der Waals surface area contributed by atoms with E-state index >= 15 is 0 Å². The number of hydrogen-bond acceptors (Lipinski definition) is 4. The largest absolute Gasteiger partial charge is 0.460 e. The van der Waals surface area contributed by atoms with Crippen molar-refractivity contribution in [3.05, 3.63) is 36.3 Å². The van der Waals surface area contributed by atoms with Crippen LogP contribution < -0.4 is 4.74 Å². The van der Waals surface area contributed by atoms with Crippen LogP contribution in [0.4, 0.5) is 4.39 Å². The molecule has 5 heteroatoms. The molecule has 0 aliphatic rings. The summed E-state index contributed by atoms with van der Waals surface area (Å²) < 4.78 is 17.6. The summed E-state index contributed by atoms with van der Waals surface area (Å²) in [5, 5.41) is 0. The third kappa shape index (κ3) is 3.23. The van der Waals surface area contributed by atoms with Crippen LogP contribution in [-0.2, 0) is 0 Å². The Morgan fingerprint density at radius 1 is 1.28 bits per heavy atom. The number of aromatic nitrogens is 3. The molecule has 0 saturated carbocycles. The van der Waals surface area contributed by atoms with Crippen LogP contribution in [0.15, 0.2) is 30.6 Å². The molecular formula is C13H14FN3O. The fraction of sp³-hybridized carbons (Fsp3) is 0.308. The highest BCUT2D eigenvalue weighted by molar-refractivity contribution is 5.56. The van der Waals surface area contributed by atoms with E-state index in [0.717, 1.165) is 17.0 Å². The molecule has 0 N–H and O–H groups in total. The highest BCUT2D eigenvalue weighted by Gasteiger charge is 2.04. The van der Waals surface area contributed by atoms with E-state index in [1.54, 1.807) is 12.4 Å². The van der Waals surface area contributed by atoms with Crippen molar-refractivity contribution >= 4 is 0 Å². The van der Waals surface area contributed by atoms with Crippen molar-refractivity contribution in [3.8, 4) is 17.3 Å².